The van der Waals surface area contributed by atoms with Gasteiger partial charge in [0.15, 0.2) is 0 Å². The molecular weight excluding hydrogens is 218 g/mol. The van der Waals surface area contributed by atoms with Crippen molar-refractivity contribution in [2.24, 2.45) is 0 Å². The maximum atomic E-state index is 11.9. The Labute approximate surface area is 98.7 Å². The van der Waals surface area contributed by atoms with Crippen LogP contribution in [0.25, 0.3) is 0 Å². The fraction of sp³-hybridized carbons (Fsp3) is 0.182. The van der Waals surface area contributed by atoms with Crippen LogP contribution < -0.4 is 10.6 Å². The molecule has 0 aliphatic heterocycles. The summed E-state index contributed by atoms with van der Waals surface area (Å²) in [4.78, 5) is 17.4. The number of hydrogen-bond donors (Lipinski definition) is 1. The third-order valence-electron chi connectivity index (χ3n) is 2.37. The number of carbonyl (C=O) groups is 1. The normalized spacial score (nSPS) is 10.2. The lowest BCUT2D eigenvalue weighted by Gasteiger charge is -2.16. The van der Waals surface area contributed by atoms with Crippen LogP contribution in [0.3, 0.4) is 0 Å². The highest BCUT2D eigenvalue weighted by molar-refractivity contribution is 5.92. The number of carbonyl (C=O) groups excluding carboxylic acids is 1. The average molecular weight is 231 g/mol. The Balaban J connectivity index is 2.06. The molecule has 2 heterocycles. The van der Waals surface area contributed by atoms with Crippen molar-refractivity contribution < 1.29 is 4.79 Å². The van der Waals surface area contributed by atoms with Crippen molar-refractivity contribution in [3.05, 3.63) is 36.9 Å². The zero-order valence-electron chi connectivity index (χ0n) is 9.45. The van der Waals surface area contributed by atoms with Crippen molar-refractivity contribution in [2.45, 2.75) is 6.54 Å². The van der Waals surface area contributed by atoms with Crippen LogP contribution in [0.2, 0.25) is 0 Å². The number of nitrogen functional groups attached to an aromatic ring is 1. The molecule has 6 heteroatoms. The van der Waals surface area contributed by atoms with Gasteiger partial charge in [-0.25, -0.2) is 0 Å². The first-order chi connectivity index (χ1) is 8.16. The summed E-state index contributed by atoms with van der Waals surface area (Å²) in [6.45, 7) is 0.163. The van der Waals surface area contributed by atoms with E-state index in [0.29, 0.717) is 5.69 Å². The summed E-state index contributed by atoms with van der Waals surface area (Å²) in [5, 5.41) is 3.96. The van der Waals surface area contributed by atoms with E-state index in [0.717, 1.165) is 5.69 Å². The topological polar surface area (TPSA) is 77.0 Å². The molecule has 0 radical (unpaired) electrons. The molecule has 0 aliphatic rings. The molecule has 0 fully saturated rings. The molecule has 0 bridgehead atoms. The predicted octanol–water partition coefficient (Wildman–Crippen LogP) is 0.523. The van der Waals surface area contributed by atoms with E-state index in [1.165, 1.54) is 10.9 Å². The molecule has 1 amide bonds. The lowest BCUT2D eigenvalue weighted by Crippen LogP contribution is -2.30. The molecule has 2 aromatic rings. The largest absolute Gasteiger partial charge is 0.396 e. The zero-order chi connectivity index (χ0) is 12.3. The van der Waals surface area contributed by atoms with Crippen LogP contribution in [0, 0.1) is 0 Å². The Morgan fingerprint density at radius 3 is 2.76 bits per heavy atom. The van der Waals surface area contributed by atoms with E-state index in [1.807, 2.05) is 0 Å². The molecule has 0 atom stereocenters. The molecule has 17 heavy (non-hydrogen) atoms. The number of anilines is 2. The summed E-state index contributed by atoms with van der Waals surface area (Å²) < 4.78 is 1.51. The number of pyridine rings is 1. The Kier molecular flexibility index (Phi) is 3.04. The maximum absolute atomic E-state index is 11.9. The second-order valence-electron chi connectivity index (χ2n) is 3.63. The quantitative estimate of drug-likeness (QED) is 0.835. The van der Waals surface area contributed by atoms with Crippen LogP contribution in [0.1, 0.15) is 0 Å². The Hall–Kier alpha value is -2.37. The van der Waals surface area contributed by atoms with Gasteiger partial charge in [-0.05, 0) is 12.1 Å². The molecule has 0 saturated heterocycles. The molecule has 88 valence electrons. The molecule has 2 rings (SSSR count). The first-order valence-corrected chi connectivity index (χ1v) is 5.11. The highest BCUT2D eigenvalue weighted by atomic mass is 16.2. The minimum atomic E-state index is -0.0701. The fourth-order valence-electron chi connectivity index (χ4n) is 1.42. The molecule has 0 aliphatic carbocycles. The number of nitrogens with two attached hydrogens (primary N) is 1. The number of aromatic nitrogens is 3. The lowest BCUT2D eigenvalue weighted by molar-refractivity contribution is -0.119. The summed E-state index contributed by atoms with van der Waals surface area (Å²) in [7, 11) is 1.71. The van der Waals surface area contributed by atoms with Gasteiger partial charge in [0.1, 0.15) is 6.54 Å². The minimum absolute atomic E-state index is 0.0701. The second-order valence-corrected chi connectivity index (χ2v) is 3.63. The van der Waals surface area contributed by atoms with Crippen molar-refractivity contribution >= 4 is 17.3 Å². The monoisotopic (exact) mass is 231 g/mol. The van der Waals surface area contributed by atoms with Gasteiger partial charge in [-0.1, -0.05) is 0 Å². The first-order valence-electron chi connectivity index (χ1n) is 5.11. The van der Waals surface area contributed by atoms with Gasteiger partial charge < -0.3 is 10.6 Å². The standard InChI is InChI=1S/C11H13N5O/c1-15(10-2-4-13-5-3-10)11(17)8-16-7-9(12)6-14-16/h2-7H,8,12H2,1H3. The van der Waals surface area contributed by atoms with Gasteiger partial charge in [0.05, 0.1) is 11.9 Å². The highest BCUT2D eigenvalue weighted by Gasteiger charge is 2.11. The van der Waals surface area contributed by atoms with Gasteiger partial charge in [0.25, 0.3) is 0 Å². The molecular formula is C11H13N5O. The Bertz CT molecular complexity index is 508. The molecule has 0 spiro atoms. The molecule has 6 nitrogen and oxygen atoms in total. The van der Waals surface area contributed by atoms with Gasteiger partial charge in [-0.3, -0.25) is 14.5 Å². The van der Waals surface area contributed by atoms with Crippen LogP contribution in [0.5, 0.6) is 0 Å². The Morgan fingerprint density at radius 1 is 1.47 bits per heavy atom. The minimum Gasteiger partial charge on any atom is -0.396 e. The third-order valence-corrected chi connectivity index (χ3v) is 2.37. The van der Waals surface area contributed by atoms with Crippen LogP contribution in [0.15, 0.2) is 36.9 Å². The SMILES string of the molecule is CN(C(=O)Cn1cc(N)cn1)c1ccncc1. The van der Waals surface area contributed by atoms with Crippen LogP contribution >= 0.6 is 0 Å². The number of rotatable bonds is 3. The summed E-state index contributed by atoms with van der Waals surface area (Å²) in [6.07, 6.45) is 6.42. The van der Waals surface area contributed by atoms with Gasteiger partial charge >= 0.3 is 0 Å². The summed E-state index contributed by atoms with van der Waals surface area (Å²) in [5.41, 5.74) is 6.87. The van der Waals surface area contributed by atoms with Crippen LogP contribution in [-0.2, 0) is 11.3 Å². The number of likely N-dealkylation sites (N-methyl/N-ethyl adjacent to an activating group) is 1. The van der Waals surface area contributed by atoms with E-state index in [2.05, 4.69) is 10.1 Å². The van der Waals surface area contributed by atoms with Crippen molar-refractivity contribution in [1.29, 1.82) is 0 Å². The highest BCUT2D eigenvalue weighted by Crippen LogP contribution is 2.10. The number of nitrogens with zero attached hydrogens (tertiary/aromatic N) is 4. The zero-order valence-corrected chi connectivity index (χ0v) is 9.45. The van der Waals surface area contributed by atoms with Gasteiger partial charge in [-0.2, -0.15) is 5.10 Å². The average Bonchev–Trinajstić information content (AvgIpc) is 2.75. The Morgan fingerprint density at radius 2 is 2.18 bits per heavy atom. The summed E-state index contributed by atoms with van der Waals surface area (Å²) in [5.74, 6) is -0.0701. The predicted molar refractivity (Wildman–Crippen MR) is 64.3 cm³/mol. The summed E-state index contributed by atoms with van der Waals surface area (Å²) in [6, 6.07) is 3.55. The van der Waals surface area contributed by atoms with E-state index < -0.39 is 0 Å². The first kappa shape index (κ1) is 11.1. The van der Waals surface area contributed by atoms with Crippen LogP contribution in [0.4, 0.5) is 11.4 Å². The van der Waals surface area contributed by atoms with Gasteiger partial charge in [-0.15, -0.1) is 0 Å². The van der Waals surface area contributed by atoms with Crippen molar-refractivity contribution in [2.75, 3.05) is 17.7 Å². The maximum Gasteiger partial charge on any atom is 0.248 e. The number of hydrogen-bond acceptors (Lipinski definition) is 4. The smallest absolute Gasteiger partial charge is 0.248 e. The number of amides is 1. The van der Waals surface area contributed by atoms with Gasteiger partial charge in [0, 0.05) is 31.3 Å². The van der Waals surface area contributed by atoms with E-state index in [4.69, 9.17) is 5.73 Å². The third kappa shape index (κ3) is 2.60. The molecule has 0 saturated carbocycles. The van der Waals surface area contributed by atoms with Crippen molar-refractivity contribution in [3.63, 3.8) is 0 Å². The van der Waals surface area contributed by atoms with E-state index >= 15 is 0 Å². The second kappa shape index (κ2) is 4.65. The van der Waals surface area contributed by atoms with Crippen LogP contribution in [-0.4, -0.2) is 27.7 Å². The fourth-order valence-corrected chi connectivity index (χ4v) is 1.42. The van der Waals surface area contributed by atoms with Crippen molar-refractivity contribution in [3.8, 4) is 0 Å². The molecule has 2 N–H and O–H groups in total. The van der Waals surface area contributed by atoms with Gasteiger partial charge in [0.2, 0.25) is 5.91 Å². The van der Waals surface area contributed by atoms with E-state index in [1.54, 1.807) is 42.7 Å². The van der Waals surface area contributed by atoms with E-state index in [-0.39, 0.29) is 12.5 Å². The summed E-state index contributed by atoms with van der Waals surface area (Å²) >= 11 is 0. The molecule has 0 unspecified atom stereocenters. The van der Waals surface area contributed by atoms with E-state index in [9.17, 15) is 4.79 Å². The lowest BCUT2D eigenvalue weighted by atomic mass is 10.3. The van der Waals surface area contributed by atoms with Crippen molar-refractivity contribution in [1.82, 2.24) is 14.8 Å². The molecule has 2 aromatic heterocycles. The molecule has 0 aromatic carbocycles.